The van der Waals surface area contributed by atoms with Crippen LogP contribution < -0.4 is 10.5 Å². The van der Waals surface area contributed by atoms with Gasteiger partial charge in [0.05, 0.1) is 23.7 Å². The van der Waals surface area contributed by atoms with Gasteiger partial charge in [-0.05, 0) is 48.4 Å². The predicted molar refractivity (Wildman–Crippen MR) is 120 cm³/mol. The van der Waals surface area contributed by atoms with E-state index in [-0.39, 0.29) is 30.2 Å². The number of rotatable bonds is 7. The molecule has 0 spiro atoms. The molecule has 34 heavy (non-hydrogen) atoms. The van der Waals surface area contributed by atoms with Crippen molar-refractivity contribution >= 4 is 16.0 Å². The van der Waals surface area contributed by atoms with Crippen molar-refractivity contribution in [3.63, 3.8) is 0 Å². The number of pyridine rings is 1. The summed E-state index contributed by atoms with van der Waals surface area (Å²) in [4.78, 5) is 15.8. The molecule has 1 aliphatic heterocycles. The number of sulfonamides is 1. The van der Waals surface area contributed by atoms with E-state index in [1.807, 2.05) is 0 Å². The number of carboxylic acid groups (broad SMARTS) is 1. The minimum atomic E-state index is -3.93. The molecule has 1 aromatic heterocycles. The number of hydrogen-bond acceptors (Lipinski definition) is 6. The first-order valence-corrected chi connectivity index (χ1v) is 12.1. The molecule has 5 rings (SSSR count). The molecular formula is C24H22FN3O5S. The van der Waals surface area contributed by atoms with Crippen LogP contribution in [0, 0.1) is 5.82 Å². The third-order valence-electron chi connectivity index (χ3n) is 6.44. The van der Waals surface area contributed by atoms with Crippen LogP contribution in [0.3, 0.4) is 0 Å². The predicted octanol–water partition coefficient (Wildman–Crippen LogP) is 2.47. The molecule has 3 aromatic rings. The fourth-order valence-corrected chi connectivity index (χ4v) is 5.90. The average Bonchev–Trinajstić information content (AvgIpc) is 3.51. The van der Waals surface area contributed by atoms with Gasteiger partial charge in [0.25, 0.3) is 0 Å². The molecule has 2 aromatic carbocycles. The van der Waals surface area contributed by atoms with Crippen molar-refractivity contribution in [2.45, 2.75) is 28.4 Å². The van der Waals surface area contributed by atoms with Crippen LogP contribution >= 0.6 is 0 Å². The first-order chi connectivity index (χ1) is 16.2. The van der Waals surface area contributed by atoms with Crippen molar-refractivity contribution in [2.75, 3.05) is 13.1 Å². The zero-order valence-electron chi connectivity index (χ0n) is 18.0. The zero-order valence-corrected chi connectivity index (χ0v) is 18.8. The number of halogens is 1. The van der Waals surface area contributed by atoms with Gasteiger partial charge in [0, 0.05) is 12.1 Å². The standard InChI is InChI=1S/C24H22FN3O5S/c25-19-8-1-2-9-20(19)33-23(21-10-3-4-11-27-21)14-28(15-23)34(31,32)17-7-5-6-16(12-17)18-13-24(18,26)22(29)30/h1-12,18H,13-15,26H2,(H,29,30)/t18-,24?/m0/s1. The minimum Gasteiger partial charge on any atom is -0.480 e. The molecule has 1 saturated heterocycles. The fraction of sp³-hybridized carbons (Fsp3) is 0.250. The normalized spacial score (nSPS) is 23.6. The topological polar surface area (TPSA) is 123 Å². The largest absolute Gasteiger partial charge is 0.480 e. The summed E-state index contributed by atoms with van der Waals surface area (Å²) in [5, 5.41) is 9.32. The number of aliphatic carboxylic acids is 1. The maximum atomic E-state index is 14.3. The number of nitrogens with two attached hydrogens (primary N) is 1. The summed E-state index contributed by atoms with van der Waals surface area (Å²) in [5.41, 5.74) is 4.42. The number of carboxylic acids is 1. The van der Waals surface area contributed by atoms with E-state index in [0.717, 1.165) is 0 Å². The average molecular weight is 484 g/mol. The molecule has 176 valence electrons. The van der Waals surface area contributed by atoms with Crippen molar-refractivity contribution in [1.29, 1.82) is 0 Å². The van der Waals surface area contributed by atoms with Gasteiger partial charge in [-0.2, -0.15) is 4.31 Å². The van der Waals surface area contributed by atoms with E-state index < -0.39 is 38.9 Å². The first kappa shape index (κ1) is 22.5. The third kappa shape index (κ3) is 3.64. The van der Waals surface area contributed by atoms with E-state index in [4.69, 9.17) is 10.5 Å². The molecule has 3 N–H and O–H groups in total. The smallest absolute Gasteiger partial charge is 0.324 e. The van der Waals surface area contributed by atoms with Crippen LogP contribution in [-0.2, 0) is 20.4 Å². The van der Waals surface area contributed by atoms with Crippen molar-refractivity contribution in [3.05, 3.63) is 90.0 Å². The van der Waals surface area contributed by atoms with Gasteiger partial charge >= 0.3 is 5.97 Å². The Balaban J connectivity index is 1.42. The molecule has 0 amide bonds. The van der Waals surface area contributed by atoms with Gasteiger partial charge in [-0.1, -0.05) is 30.3 Å². The van der Waals surface area contributed by atoms with Gasteiger partial charge in [0.1, 0.15) is 5.54 Å². The highest BCUT2D eigenvalue weighted by atomic mass is 32.2. The van der Waals surface area contributed by atoms with Gasteiger partial charge in [-0.15, -0.1) is 0 Å². The summed E-state index contributed by atoms with van der Waals surface area (Å²) in [6, 6.07) is 17.3. The van der Waals surface area contributed by atoms with Crippen molar-refractivity contribution in [1.82, 2.24) is 9.29 Å². The molecule has 0 radical (unpaired) electrons. The molecule has 2 fully saturated rings. The number of aromatic nitrogens is 1. The SMILES string of the molecule is NC1(C(=O)O)C[C@H]1c1cccc(S(=O)(=O)N2CC(Oc3ccccc3F)(c3ccccn3)C2)c1. The molecule has 8 nitrogen and oxygen atoms in total. The second-order valence-corrected chi connectivity index (χ2v) is 10.6. The van der Waals surface area contributed by atoms with Crippen LogP contribution in [0.5, 0.6) is 5.75 Å². The highest BCUT2D eigenvalue weighted by Gasteiger charge is 2.58. The van der Waals surface area contributed by atoms with E-state index in [1.54, 1.807) is 48.7 Å². The van der Waals surface area contributed by atoms with Crippen molar-refractivity contribution in [3.8, 4) is 5.75 Å². The van der Waals surface area contributed by atoms with E-state index in [9.17, 15) is 22.7 Å². The Morgan fingerprint density at radius 1 is 1.12 bits per heavy atom. The Kier molecular flexibility index (Phi) is 5.19. The van der Waals surface area contributed by atoms with Crippen LogP contribution in [0.4, 0.5) is 4.39 Å². The zero-order chi connectivity index (χ0) is 24.1. The number of hydrogen-bond donors (Lipinski definition) is 2. The highest BCUT2D eigenvalue weighted by molar-refractivity contribution is 7.89. The fourth-order valence-electron chi connectivity index (χ4n) is 4.31. The highest BCUT2D eigenvalue weighted by Crippen LogP contribution is 2.50. The van der Waals surface area contributed by atoms with Gasteiger partial charge < -0.3 is 15.6 Å². The van der Waals surface area contributed by atoms with Crippen LogP contribution in [0.2, 0.25) is 0 Å². The molecule has 1 saturated carbocycles. The number of para-hydroxylation sites is 1. The maximum Gasteiger partial charge on any atom is 0.324 e. The molecule has 1 aliphatic carbocycles. The van der Waals surface area contributed by atoms with Gasteiger partial charge in [0.2, 0.25) is 10.0 Å². The van der Waals surface area contributed by atoms with E-state index in [2.05, 4.69) is 4.98 Å². The second kappa shape index (κ2) is 7.86. The summed E-state index contributed by atoms with van der Waals surface area (Å²) in [7, 11) is -3.93. The maximum absolute atomic E-state index is 14.3. The van der Waals surface area contributed by atoms with E-state index in [1.165, 1.54) is 28.6 Å². The molecular weight excluding hydrogens is 461 g/mol. The Labute approximate surface area is 195 Å². The lowest BCUT2D eigenvalue weighted by Crippen LogP contribution is -2.64. The molecule has 0 bridgehead atoms. The summed E-state index contributed by atoms with van der Waals surface area (Å²) in [6.07, 6.45) is 1.81. The lowest BCUT2D eigenvalue weighted by Gasteiger charge is -2.48. The molecule has 2 aliphatic rings. The van der Waals surface area contributed by atoms with E-state index in [0.29, 0.717) is 11.3 Å². The van der Waals surface area contributed by atoms with Crippen LogP contribution in [0.1, 0.15) is 23.6 Å². The Morgan fingerprint density at radius 3 is 2.50 bits per heavy atom. The lowest BCUT2D eigenvalue weighted by molar-refractivity contribution is -0.139. The lowest BCUT2D eigenvalue weighted by atomic mass is 9.91. The summed E-state index contributed by atoms with van der Waals surface area (Å²) in [5.74, 6) is -2.11. The molecule has 2 atom stereocenters. The summed E-state index contributed by atoms with van der Waals surface area (Å²) >= 11 is 0. The van der Waals surface area contributed by atoms with Gasteiger partial charge in [-0.25, -0.2) is 12.8 Å². The first-order valence-electron chi connectivity index (χ1n) is 10.6. The minimum absolute atomic E-state index is 0.00823. The molecule has 1 unspecified atom stereocenters. The van der Waals surface area contributed by atoms with Crippen LogP contribution in [0.25, 0.3) is 0 Å². The van der Waals surface area contributed by atoms with E-state index >= 15 is 0 Å². The van der Waals surface area contributed by atoms with Crippen molar-refractivity contribution < 1.29 is 27.4 Å². The second-order valence-electron chi connectivity index (χ2n) is 8.69. The molecule has 2 heterocycles. The Morgan fingerprint density at radius 2 is 1.85 bits per heavy atom. The number of carbonyl (C=O) groups is 1. The third-order valence-corrected chi connectivity index (χ3v) is 8.22. The Bertz CT molecular complexity index is 1360. The number of benzene rings is 2. The summed E-state index contributed by atoms with van der Waals surface area (Å²) in [6.45, 7) is -0.130. The summed E-state index contributed by atoms with van der Waals surface area (Å²) < 4.78 is 48.3. The number of nitrogens with zero attached hydrogens (tertiary/aromatic N) is 2. The quantitative estimate of drug-likeness (QED) is 0.529. The van der Waals surface area contributed by atoms with Gasteiger partial charge in [-0.3, -0.25) is 9.78 Å². The Hall–Kier alpha value is -3.34. The van der Waals surface area contributed by atoms with Crippen LogP contribution in [-0.4, -0.2) is 47.4 Å². The van der Waals surface area contributed by atoms with Gasteiger partial charge in [0.15, 0.2) is 17.2 Å². The van der Waals surface area contributed by atoms with Crippen LogP contribution in [0.15, 0.2) is 77.8 Å². The monoisotopic (exact) mass is 483 g/mol. The molecule has 10 heteroatoms. The van der Waals surface area contributed by atoms with Crippen molar-refractivity contribution in [2.24, 2.45) is 5.73 Å². The number of ether oxygens (including phenoxy) is 1.